The molecule has 12 nitrogen and oxygen atoms in total. The summed E-state index contributed by atoms with van der Waals surface area (Å²) >= 11 is 0. The van der Waals surface area contributed by atoms with E-state index >= 15 is 0 Å². The van der Waals surface area contributed by atoms with Gasteiger partial charge >= 0.3 is 0 Å². The zero-order chi connectivity index (χ0) is 28.4. The molecule has 0 aromatic heterocycles. The summed E-state index contributed by atoms with van der Waals surface area (Å²) in [7, 11) is 1.32. The van der Waals surface area contributed by atoms with Crippen LogP contribution in [0.1, 0.15) is 68.8 Å². The first-order valence-corrected chi connectivity index (χ1v) is 12.4. The number of ketones is 3. The Hall–Kier alpha value is -2.87. The van der Waals surface area contributed by atoms with Gasteiger partial charge in [-0.3, -0.25) is 14.4 Å². The second kappa shape index (κ2) is 10.8. The van der Waals surface area contributed by atoms with Gasteiger partial charge in [0.2, 0.25) is 5.78 Å². The number of ether oxygens (including phenoxy) is 3. The van der Waals surface area contributed by atoms with Crippen molar-refractivity contribution >= 4 is 17.3 Å². The number of Topliss-reactive ketones (excluding diaryl/α,β-unsaturated/α-hetero) is 1. The van der Waals surface area contributed by atoms with Gasteiger partial charge in [0.1, 0.15) is 29.5 Å². The minimum atomic E-state index is -2.24. The van der Waals surface area contributed by atoms with Crippen LogP contribution in [0.25, 0.3) is 0 Å². The molecule has 2 aromatic carbocycles. The number of hydrogen-bond acceptors (Lipinski definition) is 12. The molecule has 6 atom stereocenters. The molecule has 5 rings (SSSR count). The number of methoxy groups -OCH3 is 1. The number of phenols is 2. The number of aromatic hydroxyl groups is 2. The number of nitrogens with two attached hydrogens (primary N) is 1. The van der Waals surface area contributed by atoms with Crippen LogP contribution in [0.15, 0.2) is 18.2 Å². The smallest absolute Gasteiger partial charge is 0.202 e. The van der Waals surface area contributed by atoms with Crippen LogP contribution in [-0.4, -0.2) is 86.7 Å². The van der Waals surface area contributed by atoms with Crippen LogP contribution < -0.4 is 10.5 Å². The van der Waals surface area contributed by atoms with Crippen molar-refractivity contribution in [3.05, 3.63) is 51.6 Å². The van der Waals surface area contributed by atoms with Crippen molar-refractivity contribution in [3.63, 3.8) is 0 Å². The Morgan fingerprint density at radius 2 is 1.82 bits per heavy atom. The molecule has 0 saturated carbocycles. The summed E-state index contributed by atoms with van der Waals surface area (Å²) in [5.41, 5.74) is 2.37. The van der Waals surface area contributed by atoms with E-state index in [4.69, 9.17) is 19.9 Å². The molecule has 0 radical (unpaired) electrons. The Morgan fingerprint density at radius 3 is 2.45 bits per heavy atom. The number of aliphatic hydroxyl groups excluding tert-OH is 2. The minimum absolute atomic E-state index is 0. The zero-order valence-corrected chi connectivity index (χ0v) is 22.7. The summed E-state index contributed by atoms with van der Waals surface area (Å²) in [5, 5.41) is 53.7. The monoisotopic (exact) mass is 599 g/mol. The molecule has 0 spiro atoms. The number of rotatable bonds is 5. The van der Waals surface area contributed by atoms with Gasteiger partial charge in [-0.15, -0.1) is 0 Å². The quantitative estimate of drug-likeness (QED) is 0.169. The van der Waals surface area contributed by atoms with Gasteiger partial charge in [-0.25, -0.2) is 0 Å². The first kappa shape index (κ1) is 30.1. The number of carbonyl (C=O) groups excluding carboxylic acids is 3. The predicted octanol–water partition coefficient (Wildman–Crippen LogP) is -0.00120. The number of fused-ring (bicyclic) bond motifs is 3. The maximum absolute atomic E-state index is 13.6. The van der Waals surface area contributed by atoms with Crippen molar-refractivity contribution < 1.29 is 71.2 Å². The van der Waals surface area contributed by atoms with E-state index in [1.54, 1.807) is 6.92 Å². The number of carbonyl (C=O) groups is 3. The fraction of sp³-hybridized carbons (Fsp3) is 0.444. The third-order valence-electron chi connectivity index (χ3n) is 7.81. The first-order valence-electron chi connectivity index (χ1n) is 12.4. The van der Waals surface area contributed by atoms with E-state index in [1.165, 1.54) is 25.3 Å². The van der Waals surface area contributed by atoms with E-state index in [0.29, 0.717) is 0 Å². The van der Waals surface area contributed by atoms with Crippen LogP contribution >= 0.6 is 0 Å². The molecule has 0 bridgehead atoms. The van der Waals surface area contributed by atoms with Crippen LogP contribution in [0.3, 0.4) is 0 Å². The first-order chi connectivity index (χ1) is 18.4. The average molecular weight is 599 g/mol. The predicted molar refractivity (Wildman–Crippen MR) is 132 cm³/mol. The molecule has 40 heavy (non-hydrogen) atoms. The Balaban J connectivity index is 0.00000370. The minimum Gasteiger partial charge on any atom is -0.507 e. The molecule has 2 aromatic rings. The standard InChI is InChI=1S/C27H29NO11.Fe/c1-10-22(31)13(28)6-17(38-10)39-15-8-27(36,16(30)9-29)7-12-19(15)26(35)21-20(24(12)33)23(32)11-4-3-5-14(37-2)18(11)25(21)34;/h3-5,10,13,15,17,22,29,31,33,35-36H,6-9,28H2,1-2H3;/t10-,13-,15-,17-,22+,27-;/m0./s1. The van der Waals surface area contributed by atoms with Gasteiger partial charge < -0.3 is 45.5 Å². The van der Waals surface area contributed by atoms with Gasteiger partial charge in [0, 0.05) is 59.1 Å². The van der Waals surface area contributed by atoms with Crippen LogP contribution in [0, 0.1) is 0 Å². The summed E-state index contributed by atoms with van der Waals surface area (Å²) in [6, 6.07) is 3.64. The van der Waals surface area contributed by atoms with E-state index in [9.17, 15) is 39.9 Å². The van der Waals surface area contributed by atoms with Crippen LogP contribution in [-0.2, 0) is 37.8 Å². The van der Waals surface area contributed by atoms with E-state index in [0.717, 1.165) is 0 Å². The van der Waals surface area contributed by atoms with Gasteiger partial charge in [0.15, 0.2) is 17.9 Å². The molecule has 0 unspecified atom stereocenters. The molecule has 216 valence electrons. The van der Waals surface area contributed by atoms with Gasteiger partial charge in [0.25, 0.3) is 0 Å². The summed E-state index contributed by atoms with van der Waals surface area (Å²) in [5.74, 6) is -3.77. The molecular weight excluding hydrogens is 570 g/mol. The molecule has 1 saturated heterocycles. The molecule has 3 aliphatic rings. The third-order valence-corrected chi connectivity index (χ3v) is 7.81. The molecule has 7 N–H and O–H groups in total. The van der Waals surface area contributed by atoms with Crippen LogP contribution in [0.4, 0.5) is 0 Å². The fourth-order valence-electron chi connectivity index (χ4n) is 5.75. The van der Waals surface area contributed by atoms with E-state index in [-0.39, 0.29) is 51.5 Å². The number of phenolic OH excluding ortho intramolecular Hbond substituents is 2. The largest absolute Gasteiger partial charge is 0.507 e. The van der Waals surface area contributed by atoms with Crippen LogP contribution in [0.2, 0.25) is 0 Å². The summed E-state index contributed by atoms with van der Waals surface area (Å²) in [6.45, 7) is 0.560. The van der Waals surface area contributed by atoms with Gasteiger partial charge in [-0.2, -0.15) is 0 Å². The Morgan fingerprint density at radius 1 is 1.15 bits per heavy atom. The van der Waals surface area contributed by atoms with Crippen molar-refractivity contribution in [2.24, 2.45) is 5.73 Å². The van der Waals surface area contributed by atoms with Crippen molar-refractivity contribution in [2.45, 2.75) is 62.4 Å². The van der Waals surface area contributed by atoms with Crippen molar-refractivity contribution in [1.29, 1.82) is 0 Å². The molecule has 1 aliphatic heterocycles. The number of hydrogen-bond donors (Lipinski definition) is 6. The zero-order valence-electron chi connectivity index (χ0n) is 21.6. The van der Waals surface area contributed by atoms with E-state index < -0.39 is 95.7 Å². The molecule has 0 amide bonds. The normalized spacial score (nSPS) is 29.1. The van der Waals surface area contributed by atoms with Crippen molar-refractivity contribution in [2.75, 3.05) is 13.7 Å². The maximum Gasteiger partial charge on any atom is 0.202 e. The molecule has 1 heterocycles. The molecule has 1 fully saturated rings. The Kier molecular flexibility index (Phi) is 8.16. The maximum atomic E-state index is 13.6. The summed E-state index contributed by atoms with van der Waals surface area (Å²) in [6.07, 6.45) is -5.12. The average Bonchev–Trinajstić information content (AvgIpc) is 2.90. The molecular formula is C27H29FeNO11. The second-order valence-corrected chi connectivity index (χ2v) is 10.2. The second-order valence-electron chi connectivity index (χ2n) is 10.2. The van der Waals surface area contributed by atoms with Gasteiger partial charge in [-0.1, -0.05) is 12.1 Å². The number of benzene rings is 2. The van der Waals surface area contributed by atoms with Gasteiger partial charge in [-0.05, 0) is 13.0 Å². The topological polar surface area (TPSA) is 206 Å². The Bertz CT molecular complexity index is 1380. The Labute approximate surface area is 239 Å². The number of aliphatic hydroxyl groups is 3. The molecule has 13 heteroatoms. The van der Waals surface area contributed by atoms with Crippen LogP contribution in [0.5, 0.6) is 17.2 Å². The van der Waals surface area contributed by atoms with Crippen molar-refractivity contribution in [1.82, 2.24) is 0 Å². The van der Waals surface area contributed by atoms with Crippen molar-refractivity contribution in [3.8, 4) is 17.2 Å². The third kappa shape index (κ3) is 4.52. The molecule has 2 aliphatic carbocycles. The summed E-state index contributed by atoms with van der Waals surface area (Å²) < 4.78 is 17.0. The summed E-state index contributed by atoms with van der Waals surface area (Å²) in [4.78, 5) is 39.7. The fourth-order valence-corrected chi connectivity index (χ4v) is 5.75. The van der Waals surface area contributed by atoms with E-state index in [2.05, 4.69) is 0 Å². The van der Waals surface area contributed by atoms with E-state index in [1.807, 2.05) is 0 Å². The SMILES string of the molecule is COc1cccc2c1C(=O)c1c(O)c3c(c(O)c1C2=O)C[C@@](O)(C(=O)CO)C[C@@H]3O[C@H]1C[C@H](N)[C@H](O)[C@H](C)O1.[Fe]. The van der Waals surface area contributed by atoms with Gasteiger partial charge in [0.05, 0.1) is 42.1 Å².